The zero-order valence-corrected chi connectivity index (χ0v) is 16.3. The summed E-state index contributed by atoms with van der Waals surface area (Å²) in [4.78, 5) is 28.4. The summed E-state index contributed by atoms with van der Waals surface area (Å²) in [6.07, 6.45) is 4.56. The first kappa shape index (κ1) is 19.7. The highest BCUT2D eigenvalue weighted by atomic mass is 16.5. The van der Waals surface area contributed by atoms with E-state index in [1.165, 1.54) is 0 Å². The number of aliphatic carboxylic acids is 1. The largest absolute Gasteiger partial charge is 0.497 e. The highest BCUT2D eigenvalue weighted by Gasteiger charge is 2.48. The smallest absolute Gasteiger partial charge is 0.317 e. The Balaban J connectivity index is 1.66. The Hall–Kier alpha value is -2.08. The van der Waals surface area contributed by atoms with Crippen LogP contribution in [-0.2, 0) is 15.0 Å². The van der Waals surface area contributed by atoms with Crippen LogP contribution in [-0.4, -0.2) is 66.1 Å². The predicted octanol–water partition coefficient (Wildman–Crippen LogP) is 2.51. The third-order valence-corrected chi connectivity index (χ3v) is 6.27. The topological polar surface area (TPSA) is 70.1 Å². The molecule has 0 spiro atoms. The number of nitrogens with zero attached hydrogens (tertiary/aromatic N) is 2. The minimum atomic E-state index is -0.789. The maximum absolute atomic E-state index is 13.4. The predicted molar refractivity (Wildman–Crippen MR) is 103 cm³/mol. The summed E-state index contributed by atoms with van der Waals surface area (Å²) < 4.78 is 5.24. The highest BCUT2D eigenvalue weighted by Crippen LogP contribution is 2.46. The first-order chi connectivity index (χ1) is 13.0. The van der Waals surface area contributed by atoms with E-state index in [-0.39, 0.29) is 23.9 Å². The van der Waals surface area contributed by atoms with Crippen LogP contribution < -0.4 is 4.74 Å². The zero-order valence-electron chi connectivity index (χ0n) is 16.3. The van der Waals surface area contributed by atoms with Crippen molar-refractivity contribution in [2.75, 3.05) is 33.3 Å². The van der Waals surface area contributed by atoms with E-state index in [4.69, 9.17) is 9.84 Å². The van der Waals surface area contributed by atoms with Crippen molar-refractivity contribution in [3.8, 4) is 5.75 Å². The molecule has 2 aliphatic rings. The fraction of sp³-hybridized carbons (Fsp3) is 0.619. The van der Waals surface area contributed by atoms with Gasteiger partial charge in [-0.15, -0.1) is 0 Å². The number of amides is 1. The Morgan fingerprint density at radius 1 is 1.22 bits per heavy atom. The first-order valence-corrected chi connectivity index (χ1v) is 9.90. The number of piperidine rings is 1. The van der Waals surface area contributed by atoms with Gasteiger partial charge in [-0.25, -0.2) is 0 Å². The van der Waals surface area contributed by atoms with Crippen LogP contribution in [0.1, 0.15) is 44.6 Å². The molecule has 2 fully saturated rings. The third kappa shape index (κ3) is 3.95. The van der Waals surface area contributed by atoms with Gasteiger partial charge in [0.15, 0.2) is 0 Å². The van der Waals surface area contributed by atoms with Crippen molar-refractivity contribution in [1.29, 1.82) is 0 Å². The number of carboxylic acid groups (broad SMARTS) is 1. The number of carboxylic acids is 1. The molecule has 0 radical (unpaired) electrons. The monoisotopic (exact) mass is 374 g/mol. The fourth-order valence-corrected chi connectivity index (χ4v) is 4.48. The number of hydrogen-bond donors (Lipinski definition) is 1. The van der Waals surface area contributed by atoms with Gasteiger partial charge in [0.1, 0.15) is 5.75 Å². The van der Waals surface area contributed by atoms with Crippen molar-refractivity contribution in [2.24, 2.45) is 0 Å². The van der Waals surface area contributed by atoms with Gasteiger partial charge in [0, 0.05) is 19.1 Å². The van der Waals surface area contributed by atoms with E-state index in [0.717, 1.165) is 50.0 Å². The van der Waals surface area contributed by atoms with Crippen LogP contribution in [0.5, 0.6) is 5.75 Å². The van der Waals surface area contributed by atoms with Gasteiger partial charge in [-0.3, -0.25) is 14.5 Å². The number of carbonyl (C=O) groups is 2. The second kappa shape index (κ2) is 8.30. The molecule has 0 atom stereocenters. The van der Waals surface area contributed by atoms with Crippen molar-refractivity contribution >= 4 is 11.9 Å². The maximum Gasteiger partial charge on any atom is 0.317 e. The number of rotatable bonds is 7. The van der Waals surface area contributed by atoms with E-state index in [9.17, 15) is 9.59 Å². The molecule has 6 heteroatoms. The van der Waals surface area contributed by atoms with E-state index in [1.54, 1.807) is 7.11 Å². The Kier molecular flexibility index (Phi) is 6.05. The van der Waals surface area contributed by atoms with Crippen molar-refractivity contribution in [2.45, 2.75) is 50.5 Å². The molecule has 1 N–H and O–H groups in total. The van der Waals surface area contributed by atoms with Crippen LogP contribution in [0.2, 0.25) is 0 Å². The van der Waals surface area contributed by atoms with Crippen LogP contribution in [0.25, 0.3) is 0 Å². The molecule has 1 saturated heterocycles. The van der Waals surface area contributed by atoms with Crippen molar-refractivity contribution in [3.05, 3.63) is 29.8 Å². The number of carbonyl (C=O) groups excluding carboxylic acids is 1. The molecule has 148 valence electrons. The second-order valence-electron chi connectivity index (χ2n) is 7.64. The Labute approximate surface area is 161 Å². The summed E-state index contributed by atoms with van der Waals surface area (Å²) in [6, 6.07) is 8.15. The summed E-state index contributed by atoms with van der Waals surface area (Å²) in [6.45, 7) is 4.20. The van der Waals surface area contributed by atoms with Gasteiger partial charge in [0.05, 0.1) is 19.1 Å². The molecule has 1 amide bonds. The lowest BCUT2D eigenvalue weighted by Crippen LogP contribution is -2.55. The van der Waals surface area contributed by atoms with Crippen LogP contribution >= 0.6 is 0 Å². The molecular weight excluding hydrogens is 344 g/mol. The molecule has 3 rings (SSSR count). The van der Waals surface area contributed by atoms with Crippen LogP contribution in [0.4, 0.5) is 0 Å². The molecule has 1 heterocycles. The Bertz CT molecular complexity index is 661. The SMILES string of the molecule is CCN(CC(=O)O)C1CCN(C(=O)C2(c3ccc(OC)cc3)CCC2)CC1. The first-order valence-electron chi connectivity index (χ1n) is 9.90. The third-order valence-electron chi connectivity index (χ3n) is 6.27. The highest BCUT2D eigenvalue weighted by molar-refractivity contribution is 5.89. The van der Waals surface area contributed by atoms with Crippen molar-refractivity contribution < 1.29 is 19.4 Å². The molecular formula is C21H30N2O4. The summed E-state index contributed by atoms with van der Waals surface area (Å²) in [5.41, 5.74) is 0.702. The second-order valence-corrected chi connectivity index (χ2v) is 7.64. The molecule has 1 aromatic rings. The number of hydrogen-bond acceptors (Lipinski definition) is 4. The summed E-state index contributed by atoms with van der Waals surface area (Å²) in [5, 5.41) is 9.08. The molecule has 0 unspecified atom stereocenters. The standard InChI is InChI=1S/C21H30N2O4/c1-3-22(15-19(24)25)17-9-13-23(14-10-17)20(26)21(11-4-12-21)16-5-7-18(27-2)8-6-16/h5-8,17H,3-4,9-15H2,1-2H3,(H,24,25). The average Bonchev–Trinajstić information content (AvgIpc) is 2.65. The molecule has 0 bridgehead atoms. The zero-order chi connectivity index (χ0) is 19.4. The number of benzene rings is 1. The molecule has 6 nitrogen and oxygen atoms in total. The molecule has 0 aromatic heterocycles. The number of likely N-dealkylation sites (tertiary alicyclic amines) is 1. The number of methoxy groups -OCH3 is 1. The van der Waals surface area contributed by atoms with E-state index in [0.29, 0.717) is 13.1 Å². The Morgan fingerprint density at radius 3 is 2.30 bits per heavy atom. The van der Waals surface area contributed by atoms with Gasteiger partial charge in [0.2, 0.25) is 5.91 Å². The van der Waals surface area contributed by atoms with Crippen molar-refractivity contribution in [1.82, 2.24) is 9.80 Å². The lowest BCUT2D eigenvalue weighted by Gasteiger charge is -2.46. The van der Waals surface area contributed by atoms with Gasteiger partial charge in [0.25, 0.3) is 0 Å². The molecule has 1 aliphatic heterocycles. The Morgan fingerprint density at radius 2 is 1.85 bits per heavy atom. The van der Waals surface area contributed by atoms with E-state index in [1.807, 2.05) is 41.0 Å². The number of likely N-dealkylation sites (N-methyl/N-ethyl adjacent to an activating group) is 1. The molecule has 27 heavy (non-hydrogen) atoms. The quantitative estimate of drug-likeness (QED) is 0.794. The average molecular weight is 374 g/mol. The lowest BCUT2D eigenvalue weighted by atomic mass is 9.63. The minimum Gasteiger partial charge on any atom is -0.497 e. The van der Waals surface area contributed by atoms with Crippen LogP contribution in [0.3, 0.4) is 0 Å². The summed E-state index contributed by atoms with van der Waals surface area (Å²) >= 11 is 0. The summed E-state index contributed by atoms with van der Waals surface area (Å²) in [5.74, 6) is 0.251. The molecule has 1 aliphatic carbocycles. The van der Waals surface area contributed by atoms with Gasteiger partial charge in [-0.1, -0.05) is 25.5 Å². The maximum atomic E-state index is 13.4. The minimum absolute atomic E-state index is 0.0743. The van der Waals surface area contributed by atoms with Gasteiger partial charge >= 0.3 is 5.97 Å². The van der Waals surface area contributed by atoms with Crippen LogP contribution in [0, 0.1) is 0 Å². The number of ether oxygens (including phenoxy) is 1. The van der Waals surface area contributed by atoms with E-state index >= 15 is 0 Å². The van der Waals surface area contributed by atoms with Gasteiger partial charge < -0.3 is 14.7 Å². The normalized spacial score (nSPS) is 19.6. The van der Waals surface area contributed by atoms with Gasteiger partial charge in [-0.05, 0) is 49.9 Å². The molecule has 1 saturated carbocycles. The lowest BCUT2D eigenvalue weighted by molar-refractivity contribution is -0.144. The van der Waals surface area contributed by atoms with E-state index < -0.39 is 5.97 Å². The van der Waals surface area contributed by atoms with Crippen molar-refractivity contribution in [3.63, 3.8) is 0 Å². The fourth-order valence-electron chi connectivity index (χ4n) is 4.48. The van der Waals surface area contributed by atoms with E-state index in [2.05, 4.69) is 0 Å². The summed E-state index contributed by atoms with van der Waals surface area (Å²) in [7, 11) is 1.65. The van der Waals surface area contributed by atoms with Gasteiger partial charge in [-0.2, -0.15) is 0 Å². The van der Waals surface area contributed by atoms with Crippen LogP contribution in [0.15, 0.2) is 24.3 Å². The molecule has 1 aromatic carbocycles.